The number of methoxy groups -OCH3 is 2. The van der Waals surface area contributed by atoms with Gasteiger partial charge in [-0.15, -0.1) is 0 Å². The molecule has 0 saturated carbocycles. The second kappa shape index (κ2) is 9.46. The molecule has 0 spiro atoms. The molecule has 2 amide bonds. The smallest absolute Gasteiger partial charge is 0.326 e. The Morgan fingerprint density at radius 2 is 1.77 bits per heavy atom. The number of hydrogen-bond donors (Lipinski definition) is 1. The number of halogens is 1. The van der Waals surface area contributed by atoms with Gasteiger partial charge in [0, 0.05) is 24.0 Å². The molecular weight excluding hydrogens is 451 g/mol. The van der Waals surface area contributed by atoms with Gasteiger partial charge in [-0.05, 0) is 66.9 Å². The van der Waals surface area contributed by atoms with E-state index in [1.165, 1.54) is 30.6 Å². The molecule has 9 heteroatoms. The van der Waals surface area contributed by atoms with Crippen LogP contribution in [0.3, 0.4) is 0 Å². The minimum Gasteiger partial charge on any atom is -0.493 e. The van der Waals surface area contributed by atoms with Crippen molar-refractivity contribution in [3.05, 3.63) is 72.3 Å². The highest BCUT2D eigenvalue weighted by Crippen LogP contribution is 2.37. The lowest BCUT2D eigenvalue weighted by Crippen LogP contribution is -2.38. The van der Waals surface area contributed by atoms with Gasteiger partial charge in [0.05, 0.1) is 25.1 Å². The van der Waals surface area contributed by atoms with Crippen molar-refractivity contribution in [3.63, 3.8) is 0 Å². The number of anilines is 2. The van der Waals surface area contributed by atoms with Gasteiger partial charge in [-0.3, -0.25) is 4.90 Å². The van der Waals surface area contributed by atoms with E-state index in [9.17, 15) is 9.18 Å². The van der Waals surface area contributed by atoms with Crippen molar-refractivity contribution in [2.24, 2.45) is 0 Å². The number of carbonyl (C=O) groups excluding carboxylic acids is 1. The largest absolute Gasteiger partial charge is 0.493 e. The summed E-state index contributed by atoms with van der Waals surface area (Å²) in [6, 6.07) is 14.6. The molecule has 0 aliphatic carbocycles. The van der Waals surface area contributed by atoms with Gasteiger partial charge in [0.2, 0.25) is 5.88 Å². The molecule has 0 fully saturated rings. The Morgan fingerprint density at radius 1 is 1.00 bits per heavy atom. The zero-order valence-electron chi connectivity index (χ0n) is 19.2. The van der Waals surface area contributed by atoms with Crippen LogP contribution in [-0.2, 0) is 6.42 Å². The van der Waals surface area contributed by atoms with Crippen LogP contribution in [0.5, 0.6) is 23.1 Å². The molecule has 0 bridgehead atoms. The fraction of sp³-hybridized carbons (Fsp3) is 0.192. The first-order valence-corrected chi connectivity index (χ1v) is 11.1. The molecule has 0 saturated heterocycles. The third-order valence-electron chi connectivity index (χ3n) is 5.83. The Morgan fingerprint density at radius 3 is 2.54 bits per heavy atom. The van der Waals surface area contributed by atoms with Crippen molar-refractivity contribution in [1.29, 1.82) is 0 Å². The van der Waals surface area contributed by atoms with Gasteiger partial charge in [0.15, 0.2) is 11.5 Å². The van der Waals surface area contributed by atoms with E-state index in [-0.39, 0.29) is 11.8 Å². The van der Waals surface area contributed by atoms with Crippen LogP contribution in [0.2, 0.25) is 0 Å². The van der Waals surface area contributed by atoms with E-state index in [2.05, 4.69) is 15.3 Å². The molecule has 1 aliphatic heterocycles. The van der Waals surface area contributed by atoms with E-state index in [4.69, 9.17) is 14.2 Å². The fourth-order valence-corrected chi connectivity index (χ4v) is 4.12. The molecule has 35 heavy (non-hydrogen) atoms. The Hall–Kier alpha value is -4.40. The number of nitrogens with one attached hydrogen (secondary N) is 1. The van der Waals surface area contributed by atoms with E-state index in [0.717, 1.165) is 24.1 Å². The average Bonchev–Trinajstić information content (AvgIpc) is 2.88. The molecule has 0 atom stereocenters. The highest BCUT2D eigenvalue weighted by atomic mass is 19.1. The van der Waals surface area contributed by atoms with Crippen LogP contribution in [0.4, 0.5) is 20.6 Å². The summed E-state index contributed by atoms with van der Waals surface area (Å²) in [6.45, 7) is 0.582. The van der Waals surface area contributed by atoms with Crippen molar-refractivity contribution in [2.45, 2.75) is 12.8 Å². The van der Waals surface area contributed by atoms with Gasteiger partial charge >= 0.3 is 6.03 Å². The van der Waals surface area contributed by atoms with E-state index >= 15 is 0 Å². The van der Waals surface area contributed by atoms with Gasteiger partial charge in [-0.2, -0.15) is 0 Å². The Bertz CT molecular complexity index is 1390. The van der Waals surface area contributed by atoms with Crippen molar-refractivity contribution >= 4 is 28.3 Å². The van der Waals surface area contributed by atoms with Crippen LogP contribution in [0.25, 0.3) is 10.9 Å². The summed E-state index contributed by atoms with van der Waals surface area (Å²) in [5, 5.41) is 3.51. The van der Waals surface area contributed by atoms with Crippen LogP contribution in [0, 0.1) is 5.82 Å². The number of fused-ring (bicyclic) bond motifs is 2. The number of ether oxygens (including phenoxy) is 3. The van der Waals surface area contributed by atoms with Crippen molar-refractivity contribution in [2.75, 3.05) is 31.0 Å². The topological polar surface area (TPSA) is 85.8 Å². The third-order valence-corrected chi connectivity index (χ3v) is 5.83. The Labute approximate surface area is 201 Å². The van der Waals surface area contributed by atoms with E-state index < -0.39 is 0 Å². The van der Waals surface area contributed by atoms with Crippen molar-refractivity contribution < 1.29 is 23.4 Å². The first kappa shape index (κ1) is 22.4. The van der Waals surface area contributed by atoms with Crippen LogP contribution >= 0.6 is 0 Å². The van der Waals surface area contributed by atoms with Crippen molar-refractivity contribution in [3.8, 4) is 23.1 Å². The standard InChI is InChI=1S/C26H23FN4O4/c1-33-23-13-20-21(14-24(23)34-2)28-15-29-25(20)35-19-9-10-22-16(12-19)4-3-11-31(22)26(32)30-18-7-5-17(27)6-8-18/h5-10,12-15H,3-4,11H2,1-2H3,(H,30,32). The molecule has 1 aliphatic rings. The average molecular weight is 474 g/mol. The number of rotatable bonds is 5. The van der Waals surface area contributed by atoms with E-state index in [0.29, 0.717) is 46.3 Å². The summed E-state index contributed by atoms with van der Waals surface area (Å²) in [7, 11) is 3.13. The molecular formula is C26H23FN4O4. The first-order chi connectivity index (χ1) is 17.1. The lowest BCUT2D eigenvalue weighted by atomic mass is 10.0. The molecule has 0 unspecified atom stereocenters. The molecule has 0 radical (unpaired) electrons. The minimum atomic E-state index is -0.354. The lowest BCUT2D eigenvalue weighted by molar-refractivity contribution is 0.256. The third kappa shape index (κ3) is 4.52. The quantitative estimate of drug-likeness (QED) is 0.407. The van der Waals surface area contributed by atoms with Gasteiger partial charge in [-0.25, -0.2) is 19.2 Å². The maximum Gasteiger partial charge on any atom is 0.326 e. The number of benzene rings is 3. The predicted molar refractivity (Wildman–Crippen MR) is 130 cm³/mol. The van der Waals surface area contributed by atoms with Crippen LogP contribution < -0.4 is 24.4 Å². The highest BCUT2D eigenvalue weighted by Gasteiger charge is 2.23. The zero-order chi connectivity index (χ0) is 24.4. The number of aryl methyl sites for hydroxylation is 1. The number of urea groups is 1. The minimum absolute atomic E-state index is 0.269. The summed E-state index contributed by atoms with van der Waals surface area (Å²) >= 11 is 0. The Kier molecular flexibility index (Phi) is 6.05. The maximum absolute atomic E-state index is 13.2. The molecule has 8 nitrogen and oxygen atoms in total. The fourth-order valence-electron chi connectivity index (χ4n) is 4.12. The first-order valence-electron chi connectivity index (χ1n) is 11.1. The molecule has 5 rings (SSSR count). The molecule has 3 aromatic carbocycles. The molecule has 1 N–H and O–H groups in total. The SMILES string of the molecule is COc1cc2ncnc(Oc3ccc4c(c3)CCCN4C(=O)Nc3ccc(F)cc3)c2cc1OC. The molecule has 1 aromatic heterocycles. The van der Waals surface area contributed by atoms with E-state index in [1.54, 1.807) is 37.3 Å². The predicted octanol–water partition coefficient (Wildman–Crippen LogP) is 5.56. The van der Waals surface area contributed by atoms with Gasteiger partial charge < -0.3 is 19.5 Å². The molecule has 178 valence electrons. The molecule has 4 aromatic rings. The second-order valence-electron chi connectivity index (χ2n) is 7.99. The number of aromatic nitrogens is 2. The molecule has 2 heterocycles. The number of carbonyl (C=O) groups is 1. The van der Waals surface area contributed by atoms with Crippen molar-refractivity contribution in [1.82, 2.24) is 9.97 Å². The lowest BCUT2D eigenvalue weighted by Gasteiger charge is -2.30. The summed E-state index contributed by atoms with van der Waals surface area (Å²) in [5.74, 6) is 1.75. The summed E-state index contributed by atoms with van der Waals surface area (Å²) in [6.07, 6.45) is 3.05. The summed E-state index contributed by atoms with van der Waals surface area (Å²) in [5.41, 5.74) is 2.99. The Balaban J connectivity index is 1.40. The monoisotopic (exact) mass is 474 g/mol. The normalized spacial score (nSPS) is 12.7. The van der Waals surface area contributed by atoms with Gasteiger partial charge in [-0.1, -0.05) is 0 Å². The number of nitrogens with zero attached hydrogens (tertiary/aromatic N) is 3. The van der Waals surface area contributed by atoms with Crippen LogP contribution in [-0.4, -0.2) is 36.8 Å². The zero-order valence-corrected chi connectivity index (χ0v) is 19.2. The highest BCUT2D eigenvalue weighted by molar-refractivity contribution is 6.02. The van der Waals surface area contributed by atoms with Crippen LogP contribution in [0.15, 0.2) is 60.9 Å². The van der Waals surface area contributed by atoms with Gasteiger partial charge in [0.25, 0.3) is 0 Å². The van der Waals surface area contributed by atoms with Gasteiger partial charge in [0.1, 0.15) is 17.9 Å². The summed E-state index contributed by atoms with van der Waals surface area (Å²) in [4.78, 5) is 23.2. The maximum atomic E-state index is 13.2. The second-order valence-corrected chi connectivity index (χ2v) is 7.99. The van der Waals surface area contributed by atoms with Crippen LogP contribution in [0.1, 0.15) is 12.0 Å². The summed E-state index contributed by atoms with van der Waals surface area (Å²) < 4.78 is 30.1. The van der Waals surface area contributed by atoms with E-state index in [1.807, 2.05) is 12.1 Å². The number of amides is 2. The number of hydrogen-bond acceptors (Lipinski definition) is 6.